The van der Waals surface area contributed by atoms with E-state index in [-0.39, 0.29) is 27.7 Å². The van der Waals surface area contributed by atoms with Crippen molar-refractivity contribution in [2.75, 3.05) is 5.75 Å². The molecule has 3 rings (SSSR count). The lowest BCUT2D eigenvalue weighted by Crippen LogP contribution is -2.10. The lowest BCUT2D eigenvalue weighted by molar-refractivity contribution is 0.102. The van der Waals surface area contributed by atoms with Crippen LogP contribution in [0.15, 0.2) is 52.1 Å². The van der Waals surface area contributed by atoms with Gasteiger partial charge in [-0.2, -0.15) is 0 Å². The Balaban J connectivity index is 1.65. The van der Waals surface area contributed by atoms with Crippen LogP contribution in [0.5, 0.6) is 0 Å². The first-order chi connectivity index (χ1) is 12.7. The molecule has 0 radical (unpaired) electrons. The van der Waals surface area contributed by atoms with E-state index in [1.54, 1.807) is 0 Å². The van der Waals surface area contributed by atoms with E-state index in [4.69, 9.17) is 4.42 Å². The maximum atomic E-state index is 13.2. The standard InChI is InChI=1S/C20H18F2N2O2S/c1-20(2,3)14-7-4-12(5-8-14)18-23-24-19(26-18)27-11-17(25)13-6-9-15(21)16(22)10-13/h4-10H,11H2,1-3H3. The predicted molar refractivity (Wildman–Crippen MR) is 99.8 cm³/mol. The summed E-state index contributed by atoms with van der Waals surface area (Å²) in [4.78, 5) is 12.1. The largest absolute Gasteiger partial charge is 0.411 e. The minimum atomic E-state index is -1.05. The van der Waals surface area contributed by atoms with E-state index in [2.05, 4.69) is 31.0 Å². The molecule has 1 aromatic heterocycles. The quantitative estimate of drug-likeness (QED) is 0.439. The predicted octanol–water partition coefficient (Wildman–Crippen LogP) is 5.29. The number of ketones is 1. The summed E-state index contributed by atoms with van der Waals surface area (Å²) in [6, 6.07) is 10.9. The SMILES string of the molecule is CC(C)(C)c1ccc(-c2nnc(SCC(=O)c3ccc(F)c(F)c3)o2)cc1. The molecule has 0 amide bonds. The van der Waals surface area contributed by atoms with Crippen LogP contribution < -0.4 is 0 Å². The fourth-order valence-electron chi connectivity index (χ4n) is 2.38. The summed E-state index contributed by atoms with van der Waals surface area (Å²) in [6.07, 6.45) is 0. The van der Waals surface area contributed by atoms with Crippen molar-refractivity contribution in [1.29, 1.82) is 0 Å². The Bertz CT molecular complexity index is 963. The number of carbonyl (C=O) groups is 1. The molecular weight excluding hydrogens is 370 g/mol. The molecule has 0 aliphatic heterocycles. The number of rotatable bonds is 5. The molecule has 2 aromatic carbocycles. The Hall–Kier alpha value is -2.54. The number of Topliss-reactive ketones (excluding diaryl/α,β-unsaturated/α-hetero) is 1. The minimum Gasteiger partial charge on any atom is -0.411 e. The van der Waals surface area contributed by atoms with Gasteiger partial charge in [-0.05, 0) is 41.3 Å². The van der Waals surface area contributed by atoms with E-state index in [9.17, 15) is 13.6 Å². The second kappa shape index (κ2) is 7.60. The summed E-state index contributed by atoms with van der Waals surface area (Å²) >= 11 is 1.05. The maximum absolute atomic E-state index is 13.2. The highest BCUT2D eigenvalue weighted by Gasteiger charge is 2.16. The zero-order chi connectivity index (χ0) is 19.6. The van der Waals surface area contributed by atoms with Crippen molar-refractivity contribution in [3.8, 4) is 11.5 Å². The number of hydrogen-bond acceptors (Lipinski definition) is 5. The number of aromatic nitrogens is 2. The van der Waals surface area contributed by atoms with Gasteiger partial charge < -0.3 is 4.42 Å². The molecule has 27 heavy (non-hydrogen) atoms. The lowest BCUT2D eigenvalue weighted by atomic mass is 9.87. The van der Waals surface area contributed by atoms with Gasteiger partial charge in [0.1, 0.15) is 0 Å². The van der Waals surface area contributed by atoms with Gasteiger partial charge in [-0.3, -0.25) is 4.79 Å². The summed E-state index contributed by atoms with van der Waals surface area (Å²) in [5.41, 5.74) is 2.12. The molecule has 4 nitrogen and oxygen atoms in total. The third-order valence-corrected chi connectivity index (χ3v) is 4.79. The summed E-state index contributed by atoms with van der Waals surface area (Å²) in [6.45, 7) is 6.40. The lowest BCUT2D eigenvalue weighted by Gasteiger charge is -2.18. The van der Waals surface area contributed by atoms with E-state index in [1.165, 1.54) is 11.6 Å². The van der Waals surface area contributed by atoms with Crippen molar-refractivity contribution in [2.45, 2.75) is 31.4 Å². The van der Waals surface area contributed by atoms with Crippen LogP contribution in [0.1, 0.15) is 36.7 Å². The summed E-state index contributed by atoms with van der Waals surface area (Å²) in [5.74, 6) is -2.05. The molecule has 0 aliphatic rings. The van der Waals surface area contributed by atoms with Crippen LogP contribution in [-0.4, -0.2) is 21.7 Å². The van der Waals surface area contributed by atoms with Crippen LogP contribution in [0.4, 0.5) is 8.78 Å². The van der Waals surface area contributed by atoms with Crippen molar-refractivity contribution in [2.24, 2.45) is 0 Å². The number of nitrogens with zero attached hydrogens (tertiary/aromatic N) is 2. The molecule has 1 heterocycles. The van der Waals surface area contributed by atoms with Gasteiger partial charge in [0.15, 0.2) is 17.4 Å². The number of thioether (sulfide) groups is 1. The summed E-state index contributed by atoms with van der Waals surface area (Å²) < 4.78 is 31.7. The Labute approximate surface area is 160 Å². The Kier molecular flexibility index (Phi) is 5.41. The smallest absolute Gasteiger partial charge is 0.277 e. The molecule has 3 aromatic rings. The Morgan fingerprint density at radius 3 is 2.37 bits per heavy atom. The van der Waals surface area contributed by atoms with E-state index in [0.717, 1.165) is 29.5 Å². The molecule has 0 N–H and O–H groups in total. The first-order valence-electron chi connectivity index (χ1n) is 8.29. The summed E-state index contributed by atoms with van der Waals surface area (Å²) in [5, 5.41) is 8.15. The average molecular weight is 388 g/mol. The molecule has 140 valence electrons. The molecule has 0 saturated carbocycles. The van der Waals surface area contributed by atoms with Gasteiger partial charge in [0.05, 0.1) is 5.75 Å². The highest BCUT2D eigenvalue weighted by atomic mass is 32.2. The van der Waals surface area contributed by atoms with Crippen LogP contribution in [0.25, 0.3) is 11.5 Å². The van der Waals surface area contributed by atoms with E-state index in [1.807, 2.05) is 24.3 Å². The van der Waals surface area contributed by atoms with Crippen molar-refractivity contribution >= 4 is 17.5 Å². The fourth-order valence-corrected chi connectivity index (χ4v) is 3.04. The molecule has 0 spiro atoms. The fraction of sp³-hybridized carbons (Fsp3) is 0.250. The topological polar surface area (TPSA) is 56.0 Å². The van der Waals surface area contributed by atoms with Crippen LogP contribution in [-0.2, 0) is 5.41 Å². The number of benzene rings is 2. The summed E-state index contributed by atoms with van der Waals surface area (Å²) in [7, 11) is 0. The van der Waals surface area contributed by atoms with Gasteiger partial charge >= 0.3 is 0 Å². The molecule has 0 aliphatic carbocycles. The highest BCUT2D eigenvalue weighted by molar-refractivity contribution is 7.99. The van der Waals surface area contributed by atoms with Gasteiger partial charge in [0, 0.05) is 11.1 Å². The number of halogens is 2. The van der Waals surface area contributed by atoms with Crippen molar-refractivity contribution in [3.05, 3.63) is 65.2 Å². The maximum Gasteiger partial charge on any atom is 0.277 e. The molecule has 0 saturated heterocycles. The van der Waals surface area contributed by atoms with Crippen molar-refractivity contribution in [1.82, 2.24) is 10.2 Å². The Morgan fingerprint density at radius 1 is 1.04 bits per heavy atom. The second-order valence-corrected chi connectivity index (χ2v) is 7.97. The third kappa shape index (κ3) is 4.60. The van der Waals surface area contributed by atoms with Gasteiger partial charge in [0.25, 0.3) is 5.22 Å². The molecular formula is C20H18F2N2O2S. The van der Waals surface area contributed by atoms with Gasteiger partial charge in [-0.1, -0.05) is 44.7 Å². The first-order valence-corrected chi connectivity index (χ1v) is 9.28. The van der Waals surface area contributed by atoms with Crippen molar-refractivity contribution < 1.29 is 18.0 Å². The van der Waals surface area contributed by atoms with Crippen molar-refractivity contribution in [3.63, 3.8) is 0 Å². The molecule has 0 unspecified atom stereocenters. The van der Waals surface area contributed by atoms with Gasteiger partial charge in [-0.25, -0.2) is 8.78 Å². The molecule has 7 heteroatoms. The zero-order valence-electron chi connectivity index (χ0n) is 15.1. The number of hydrogen-bond donors (Lipinski definition) is 0. The van der Waals surface area contributed by atoms with Gasteiger partial charge in [0.2, 0.25) is 5.89 Å². The molecule has 0 bridgehead atoms. The second-order valence-electron chi connectivity index (χ2n) is 7.04. The first kappa shape index (κ1) is 19.2. The average Bonchev–Trinajstić information content (AvgIpc) is 3.10. The highest BCUT2D eigenvalue weighted by Crippen LogP contribution is 2.27. The molecule has 0 fully saturated rings. The van der Waals surface area contributed by atoms with Crippen LogP contribution in [0.3, 0.4) is 0 Å². The Morgan fingerprint density at radius 2 is 1.74 bits per heavy atom. The zero-order valence-corrected chi connectivity index (χ0v) is 15.9. The minimum absolute atomic E-state index is 0.0182. The monoisotopic (exact) mass is 388 g/mol. The number of carbonyl (C=O) groups excluding carboxylic acids is 1. The van der Waals surface area contributed by atoms with E-state index < -0.39 is 11.6 Å². The third-order valence-electron chi connectivity index (χ3n) is 3.97. The van der Waals surface area contributed by atoms with Gasteiger partial charge in [-0.15, -0.1) is 10.2 Å². The van der Waals surface area contributed by atoms with Crippen LogP contribution in [0.2, 0.25) is 0 Å². The van der Waals surface area contributed by atoms with Crippen LogP contribution >= 0.6 is 11.8 Å². The molecule has 0 atom stereocenters. The normalized spacial score (nSPS) is 11.6. The van der Waals surface area contributed by atoms with Crippen LogP contribution in [0, 0.1) is 11.6 Å². The van der Waals surface area contributed by atoms with E-state index in [0.29, 0.717) is 5.89 Å². The van der Waals surface area contributed by atoms with E-state index >= 15 is 0 Å².